The molecule has 1 aliphatic carbocycles. The summed E-state index contributed by atoms with van der Waals surface area (Å²) in [6, 6.07) is 11.0. The number of hydrogen-bond acceptors (Lipinski definition) is 4. The number of carbonyl (C=O) groups is 2. The van der Waals surface area contributed by atoms with Gasteiger partial charge in [0.25, 0.3) is 0 Å². The van der Waals surface area contributed by atoms with E-state index in [-0.39, 0.29) is 27.4 Å². The third-order valence-electron chi connectivity index (χ3n) is 4.85. The van der Waals surface area contributed by atoms with Crippen LogP contribution in [-0.2, 0) is 10.0 Å². The number of nitrogens with zero attached hydrogens (tertiary/aromatic N) is 1. The third-order valence-corrected chi connectivity index (χ3v) is 6.79. The molecule has 4 rings (SSSR count). The fourth-order valence-electron chi connectivity index (χ4n) is 3.57. The predicted octanol–water partition coefficient (Wildman–Crippen LogP) is 2.64. The zero-order valence-corrected chi connectivity index (χ0v) is 14.4. The van der Waals surface area contributed by atoms with Gasteiger partial charge in [-0.2, -0.15) is 4.31 Å². The Bertz CT molecular complexity index is 988. The van der Waals surface area contributed by atoms with Crippen LogP contribution in [0.5, 0.6) is 0 Å². The summed E-state index contributed by atoms with van der Waals surface area (Å²) < 4.78 is 27.6. The molecule has 5 nitrogen and oxygen atoms in total. The first-order valence-corrected chi connectivity index (χ1v) is 9.77. The monoisotopic (exact) mass is 355 g/mol. The van der Waals surface area contributed by atoms with Crippen molar-refractivity contribution in [2.45, 2.75) is 24.2 Å². The molecule has 25 heavy (non-hydrogen) atoms. The Balaban J connectivity index is 1.91. The van der Waals surface area contributed by atoms with E-state index in [2.05, 4.69) is 0 Å². The van der Waals surface area contributed by atoms with Crippen LogP contribution in [0.15, 0.2) is 47.4 Å². The Hall–Kier alpha value is -2.31. The first-order chi connectivity index (χ1) is 12.0. The smallest absolute Gasteiger partial charge is 0.243 e. The molecule has 0 N–H and O–H groups in total. The molecular weight excluding hydrogens is 338 g/mol. The molecule has 0 spiro atoms. The SMILES string of the molecule is O=C1c2ccccc2C(=O)c2c1cccc2S(=O)(=O)N1CCCCC1. The maximum absolute atomic E-state index is 13.1. The van der Waals surface area contributed by atoms with E-state index in [0.717, 1.165) is 19.3 Å². The minimum Gasteiger partial charge on any atom is -0.289 e. The molecule has 1 saturated heterocycles. The highest BCUT2D eigenvalue weighted by molar-refractivity contribution is 7.89. The van der Waals surface area contributed by atoms with Crippen molar-refractivity contribution in [3.63, 3.8) is 0 Å². The second kappa shape index (κ2) is 5.89. The minimum atomic E-state index is -3.80. The second-order valence-electron chi connectivity index (χ2n) is 6.35. The van der Waals surface area contributed by atoms with Gasteiger partial charge < -0.3 is 0 Å². The summed E-state index contributed by atoms with van der Waals surface area (Å²) in [5.74, 6) is -0.706. The van der Waals surface area contributed by atoms with E-state index in [9.17, 15) is 18.0 Å². The van der Waals surface area contributed by atoms with Crippen LogP contribution in [-0.4, -0.2) is 37.4 Å². The molecule has 0 saturated carbocycles. The molecule has 6 heteroatoms. The summed E-state index contributed by atoms with van der Waals surface area (Å²) in [6.07, 6.45) is 2.62. The van der Waals surface area contributed by atoms with Crippen LogP contribution in [0, 0.1) is 0 Å². The Morgan fingerprint density at radius 1 is 0.720 bits per heavy atom. The highest BCUT2D eigenvalue weighted by atomic mass is 32.2. The van der Waals surface area contributed by atoms with Crippen molar-refractivity contribution >= 4 is 21.6 Å². The Morgan fingerprint density at radius 2 is 1.32 bits per heavy atom. The van der Waals surface area contributed by atoms with E-state index < -0.39 is 15.8 Å². The van der Waals surface area contributed by atoms with Crippen LogP contribution in [0.3, 0.4) is 0 Å². The van der Waals surface area contributed by atoms with E-state index in [1.807, 2.05) is 0 Å². The number of piperidine rings is 1. The molecule has 0 atom stereocenters. The molecule has 1 fully saturated rings. The average Bonchev–Trinajstić information content (AvgIpc) is 2.66. The van der Waals surface area contributed by atoms with Gasteiger partial charge in [-0.3, -0.25) is 9.59 Å². The lowest BCUT2D eigenvalue weighted by Gasteiger charge is -2.28. The van der Waals surface area contributed by atoms with E-state index >= 15 is 0 Å². The zero-order chi connectivity index (χ0) is 17.6. The Labute approximate surface area is 146 Å². The highest BCUT2D eigenvalue weighted by Crippen LogP contribution is 2.33. The molecular formula is C19H17NO4S. The van der Waals surface area contributed by atoms with Gasteiger partial charge in [0.15, 0.2) is 11.6 Å². The van der Waals surface area contributed by atoms with Crippen molar-refractivity contribution in [2.24, 2.45) is 0 Å². The first kappa shape index (κ1) is 16.2. The number of sulfonamides is 1. The van der Waals surface area contributed by atoms with Crippen LogP contribution in [0.25, 0.3) is 0 Å². The summed E-state index contributed by atoms with van der Waals surface area (Å²) in [5.41, 5.74) is 0.771. The topological polar surface area (TPSA) is 71.5 Å². The van der Waals surface area contributed by atoms with E-state index in [4.69, 9.17) is 0 Å². The summed E-state index contributed by atoms with van der Waals surface area (Å²) in [5, 5.41) is 0. The van der Waals surface area contributed by atoms with Gasteiger partial charge >= 0.3 is 0 Å². The molecule has 0 radical (unpaired) electrons. The number of ketones is 2. The molecule has 0 unspecified atom stereocenters. The molecule has 0 bridgehead atoms. The summed E-state index contributed by atoms with van der Waals surface area (Å²) in [6.45, 7) is 0.898. The first-order valence-electron chi connectivity index (χ1n) is 8.33. The second-order valence-corrected chi connectivity index (χ2v) is 8.25. The van der Waals surface area contributed by atoms with E-state index in [1.165, 1.54) is 22.5 Å². The fourth-order valence-corrected chi connectivity index (χ4v) is 5.30. The lowest BCUT2D eigenvalue weighted by molar-refractivity contribution is 0.0976. The maximum atomic E-state index is 13.1. The van der Waals surface area contributed by atoms with Crippen molar-refractivity contribution in [3.8, 4) is 0 Å². The van der Waals surface area contributed by atoms with Crippen molar-refractivity contribution < 1.29 is 18.0 Å². The van der Waals surface area contributed by atoms with Crippen molar-refractivity contribution in [2.75, 3.05) is 13.1 Å². The summed E-state index contributed by atoms with van der Waals surface area (Å²) in [4.78, 5) is 25.7. The standard InChI is InChI=1S/C19H17NO4S/c21-18-13-7-2-3-8-14(13)19(22)17-15(18)9-6-10-16(17)25(23,24)20-11-4-1-5-12-20/h2-3,6-10H,1,4-5,11-12H2. The van der Waals surface area contributed by atoms with Crippen LogP contribution >= 0.6 is 0 Å². The number of hydrogen-bond donors (Lipinski definition) is 0. The van der Waals surface area contributed by atoms with Crippen LogP contribution in [0.4, 0.5) is 0 Å². The van der Waals surface area contributed by atoms with Gasteiger partial charge in [0.2, 0.25) is 10.0 Å². The molecule has 2 aliphatic rings. The van der Waals surface area contributed by atoms with Gasteiger partial charge in [0, 0.05) is 29.8 Å². The van der Waals surface area contributed by atoms with Crippen LogP contribution in [0.1, 0.15) is 51.1 Å². The third kappa shape index (κ3) is 2.44. The molecule has 1 aliphatic heterocycles. The van der Waals surface area contributed by atoms with Gasteiger partial charge in [-0.15, -0.1) is 0 Å². The lowest BCUT2D eigenvalue weighted by atomic mass is 9.84. The van der Waals surface area contributed by atoms with Crippen molar-refractivity contribution in [3.05, 3.63) is 64.7 Å². The fraction of sp³-hybridized carbons (Fsp3) is 0.263. The van der Waals surface area contributed by atoms with Crippen LogP contribution < -0.4 is 0 Å². The zero-order valence-electron chi connectivity index (χ0n) is 13.6. The number of benzene rings is 2. The Morgan fingerprint density at radius 3 is 2.00 bits per heavy atom. The number of rotatable bonds is 2. The molecule has 2 aromatic carbocycles. The van der Waals surface area contributed by atoms with Gasteiger partial charge in [-0.1, -0.05) is 42.8 Å². The normalized spacial score (nSPS) is 17.9. The highest BCUT2D eigenvalue weighted by Gasteiger charge is 2.36. The minimum absolute atomic E-state index is 0.0109. The molecule has 2 aromatic rings. The molecule has 0 aromatic heterocycles. The van der Waals surface area contributed by atoms with Crippen molar-refractivity contribution in [1.82, 2.24) is 4.31 Å². The van der Waals surface area contributed by atoms with Gasteiger partial charge in [0.1, 0.15) is 0 Å². The predicted molar refractivity (Wildman–Crippen MR) is 92.4 cm³/mol. The molecule has 0 amide bonds. The maximum Gasteiger partial charge on any atom is 0.243 e. The quantitative estimate of drug-likeness (QED) is 0.708. The van der Waals surface area contributed by atoms with Gasteiger partial charge in [-0.05, 0) is 18.9 Å². The Kier molecular flexibility index (Phi) is 3.81. The summed E-state index contributed by atoms with van der Waals surface area (Å²) in [7, 11) is -3.80. The van der Waals surface area contributed by atoms with E-state index in [1.54, 1.807) is 24.3 Å². The van der Waals surface area contributed by atoms with E-state index in [0.29, 0.717) is 18.7 Å². The number of carbonyl (C=O) groups excluding carboxylic acids is 2. The average molecular weight is 355 g/mol. The summed E-state index contributed by atoms with van der Waals surface area (Å²) >= 11 is 0. The van der Waals surface area contributed by atoms with Crippen LogP contribution in [0.2, 0.25) is 0 Å². The van der Waals surface area contributed by atoms with Crippen molar-refractivity contribution in [1.29, 1.82) is 0 Å². The molecule has 128 valence electrons. The number of fused-ring (bicyclic) bond motifs is 2. The van der Waals surface area contributed by atoms with Gasteiger partial charge in [-0.25, -0.2) is 8.42 Å². The molecule has 1 heterocycles. The lowest BCUT2D eigenvalue weighted by Crippen LogP contribution is -2.37. The van der Waals surface area contributed by atoms with Gasteiger partial charge in [0.05, 0.1) is 10.5 Å². The largest absolute Gasteiger partial charge is 0.289 e.